The first-order chi connectivity index (χ1) is 8.15. The average molecular weight is 251 g/mol. The average Bonchev–Trinajstić information content (AvgIpc) is 2.29. The molecule has 0 unspecified atom stereocenters. The Hall–Kier alpha value is -1.61. The van der Waals surface area contributed by atoms with E-state index >= 15 is 0 Å². The van der Waals surface area contributed by atoms with Gasteiger partial charge in [0.1, 0.15) is 11.0 Å². The third-order valence-electron chi connectivity index (χ3n) is 2.48. The highest BCUT2D eigenvalue weighted by Crippen LogP contribution is 2.16. The lowest BCUT2D eigenvalue weighted by atomic mass is 10.2. The van der Waals surface area contributed by atoms with Gasteiger partial charge in [0.25, 0.3) is 0 Å². The monoisotopic (exact) mass is 250 g/mol. The summed E-state index contributed by atoms with van der Waals surface area (Å²) in [5.41, 5.74) is 2.02. The molecule has 0 atom stereocenters. The SMILES string of the molecule is CN(Cc1ccnc(Cl)c1)c1ccc(F)cc1. The molecule has 4 heteroatoms. The predicted octanol–water partition coefficient (Wildman–Crippen LogP) is 3.51. The molecule has 2 rings (SSSR count). The number of rotatable bonds is 3. The molecule has 0 radical (unpaired) electrons. The van der Waals surface area contributed by atoms with Crippen molar-refractivity contribution in [3.63, 3.8) is 0 Å². The summed E-state index contributed by atoms with van der Waals surface area (Å²) in [4.78, 5) is 5.95. The van der Waals surface area contributed by atoms with Crippen LogP contribution in [-0.4, -0.2) is 12.0 Å². The Morgan fingerprint density at radius 2 is 1.94 bits per heavy atom. The maximum absolute atomic E-state index is 12.8. The van der Waals surface area contributed by atoms with E-state index in [4.69, 9.17) is 11.6 Å². The first-order valence-corrected chi connectivity index (χ1v) is 5.60. The van der Waals surface area contributed by atoms with Gasteiger partial charge in [-0.3, -0.25) is 0 Å². The van der Waals surface area contributed by atoms with Gasteiger partial charge in [-0.05, 0) is 42.0 Å². The van der Waals surface area contributed by atoms with Crippen LogP contribution in [0.25, 0.3) is 0 Å². The van der Waals surface area contributed by atoms with Crippen LogP contribution in [0.15, 0.2) is 42.6 Å². The number of hydrogen-bond donors (Lipinski definition) is 0. The fourth-order valence-corrected chi connectivity index (χ4v) is 1.80. The zero-order valence-corrected chi connectivity index (χ0v) is 10.2. The molecule has 0 aliphatic rings. The van der Waals surface area contributed by atoms with E-state index < -0.39 is 0 Å². The molecule has 0 bridgehead atoms. The summed E-state index contributed by atoms with van der Waals surface area (Å²) in [5.74, 6) is -0.228. The number of benzene rings is 1. The van der Waals surface area contributed by atoms with Crippen LogP contribution in [-0.2, 0) is 6.54 Å². The van der Waals surface area contributed by atoms with Crippen LogP contribution in [0.1, 0.15) is 5.56 Å². The Morgan fingerprint density at radius 3 is 2.59 bits per heavy atom. The highest BCUT2D eigenvalue weighted by atomic mass is 35.5. The molecule has 0 saturated heterocycles. The topological polar surface area (TPSA) is 16.1 Å². The van der Waals surface area contributed by atoms with E-state index in [2.05, 4.69) is 4.98 Å². The highest BCUT2D eigenvalue weighted by Gasteiger charge is 2.03. The van der Waals surface area contributed by atoms with Crippen molar-refractivity contribution in [2.45, 2.75) is 6.54 Å². The van der Waals surface area contributed by atoms with E-state index in [-0.39, 0.29) is 5.82 Å². The molecule has 0 N–H and O–H groups in total. The lowest BCUT2D eigenvalue weighted by Crippen LogP contribution is -2.16. The van der Waals surface area contributed by atoms with Gasteiger partial charge in [0.05, 0.1) is 0 Å². The van der Waals surface area contributed by atoms with Crippen LogP contribution in [0.3, 0.4) is 0 Å². The van der Waals surface area contributed by atoms with Crippen LogP contribution < -0.4 is 4.90 Å². The summed E-state index contributed by atoms with van der Waals surface area (Å²) in [6.45, 7) is 0.702. The van der Waals surface area contributed by atoms with Gasteiger partial charge >= 0.3 is 0 Å². The normalized spacial score (nSPS) is 10.3. The minimum atomic E-state index is -0.228. The molecule has 0 saturated carbocycles. The highest BCUT2D eigenvalue weighted by molar-refractivity contribution is 6.29. The zero-order chi connectivity index (χ0) is 12.3. The van der Waals surface area contributed by atoms with Crippen molar-refractivity contribution in [2.75, 3.05) is 11.9 Å². The summed E-state index contributed by atoms with van der Waals surface area (Å²) in [6, 6.07) is 10.1. The smallest absolute Gasteiger partial charge is 0.129 e. The van der Waals surface area contributed by atoms with Gasteiger partial charge in [-0.15, -0.1) is 0 Å². The summed E-state index contributed by atoms with van der Waals surface area (Å²) in [6.07, 6.45) is 1.68. The second kappa shape index (κ2) is 5.15. The lowest BCUT2D eigenvalue weighted by Gasteiger charge is -2.19. The standard InChI is InChI=1S/C13H12ClFN2/c1-17(12-4-2-11(15)3-5-12)9-10-6-7-16-13(14)8-10/h2-8H,9H2,1H3. The van der Waals surface area contributed by atoms with E-state index in [1.54, 1.807) is 18.3 Å². The first kappa shape index (κ1) is 11.9. The maximum Gasteiger partial charge on any atom is 0.129 e. The van der Waals surface area contributed by atoms with Gasteiger partial charge in [-0.1, -0.05) is 11.6 Å². The van der Waals surface area contributed by atoms with Crippen LogP contribution in [0.5, 0.6) is 0 Å². The molecule has 1 heterocycles. The second-order valence-corrected chi connectivity index (χ2v) is 4.21. The summed E-state index contributed by atoms with van der Waals surface area (Å²) >= 11 is 5.82. The van der Waals surface area contributed by atoms with Crippen LogP contribution >= 0.6 is 11.6 Å². The molecule has 0 fully saturated rings. The first-order valence-electron chi connectivity index (χ1n) is 5.22. The van der Waals surface area contributed by atoms with E-state index in [1.807, 2.05) is 24.1 Å². The number of nitrogens with zero attached hydrogens (tertiary/aromatic N) is 2. The number of pyridine rings is 1. The van der Waals surface area contributed by atoms with Gasteiger partial charge in [0, 0.05) is 25.5 Å². The summed E-state index contributed by atoms with van der Waals surface area (Å²) in [5, 5.41) is 0.481. The van der Waals surface area contributed by atoms with Crippen molar-refractivity contribution in [1.29, 1.82) is 0 Å². The van der Waals surface area contributed by atoms with Crippen molar-refractivity contribution in [2.24, 2.45) is 0 Å². The Bertz CT molecular complexity index is 499. The molecular weight excluding hydrogens is 239 g/mol. The molecule has 88 valence electrons. The van der Waals surface area contributed by atoms with Crippen LogP contribution in [0.4, 0.5) is 10.1 Å². The third kappa shape index (κ3) is 3.17. The molecule has 0 spiro atoms. The van der Waals surface area contributed by atoms with Gasteiger partial charge in [-0.2, -0.15) is 0 Å². The lowest BCUT2D eigenvalue weighted by molar-refractivity contribution is 0.627. The van der Waals surface area contributed by atoms with Gasteiger partial charge in [-0.25, -0.2) is 9.37 Å². The molecule has 17 heavy (non-hydrogen) atoms. The van der Waals surface area contributed by atoms with Gasteiger partial charge in [0.2, 0.25) is 0 Å². The summed E-state index contributed by atoms with van der Waals surface area (Å²) < 4.78 is 12.8. The van der Waals surface area contributed by atoms with Crippen molar-refractivity contribution in [3.8, 4) is 0 Å². The molecule has 0 aliphatic heterocycles. The molecule has 2 nitrogen and oxygen atoms in total. The molecule has 1 aromatic carbocycles. The third-order valence-corrected chi connectivity index (χ3v) is 2.68. The maximum atomic E-state index is 12.8. The fourth-order valence-electron chi connectivity index (χ4n) is 1.60. The van der Waals surface area contributed by atoms with Gasteiger partial charge < -0.3 is 4.90 Å². The molecule has 1 aromatic heterocycles. The Balaban J connectivity index is 2.11. The molecule has 0 aliphatic carbocycles. The minimum absolute atomic E-state index is 0.228. The fraction of sp³-hybridized carbons (Fsp3) is 0.154. The van der Waals surface area contributed by atoms with Crippen LogP contribution in [0, 0.1) is 5.82 Å². The summed E-state index contributed by atoms with van der Waals surface area (Å²) in [7, 11) is 1.95. The molecule has 0 amide bonds. The van der Waals surface area contributed by atoms with E-state index in [9.17, 15) is 4.39 Å². The number of halogens is 2. The van der Waals surface area contributed by atoms with Crippen molar-refractivity contribution >= 4 is 17.3 Å². The van der Waals surface area contributed by atoms with Gasteiger partial charge in [0.15, 0.2) is 0 Å². The zero-order valence-electron chi connectivity index (χ0n) is 9.40. The van der Waals surface area contributed by atoms with Crippen molar-refractivity contribution in [3.05, 3.63) is 59.1 Å². The largest absolute Gasteiger partial charge is 0.370 e. The Labute approximate surface area is 105 Å². The number of aromatic nitrogens is 1. The second-order valence-electron chi connectivity index (χ2n) is 3.82. The van der Waals surface area contributed by atoms with E-state index in [0.29, 0.717) is 11.7 Å². The minimum Gasteiger partial charge on any atom is -0.370 e. The predicted molar refractivity (Wildman–Crippen MR) is 67.8 cm³/mol. The van der Waals surface area contributed by atoms with Crippen molar-refractivity contribution in [1.82, 2.24) is 4.98 Å². The Kier molecular flexibility index (Phi) is 3.59. The molecular formula is C13H12ClFN2. The van der Waals surface area contributed by atoms with Crippen molar-refractivity contribution < 1.29 is 4.39 Å². The number of anilines is 1. The Morgan fingerprint density at radius 1 is 1.24 bits per heavy atom. The number of hydrogen-bond acceptors (Lipinski definition) is 2. The quantitative estimate of drug-likeness (QED) is 0.775. The van der Waals surface area contributed by atoms with Crippen LogP contribution in [0.2, 0.25) is 5.15 Å². The van der Waals surface area contributed by atoms with E-state index in [1.165, 1.54) is 12.1 Å². The molecule has 2 aromatic rings. The van der Waals surface area contributed by atoms with E-state index in [0.717, 1.165) is 11.3 Å².